The maximum absolute atomic E-state index is 12.1. The number of carbonyl (C=O) groups excluding carboxylic acids is 1. The number of rotatable bonds is 4. The summed E-state index contributed by atoms with van der Waals surface area (Å²) >= 11 is 0. The second-order valence-electron chi connectivity index (χ2n) is 6.05. The Balaban J connectivity index is 1.63. The van der Waals surface area contributed by atoms with Gasteiger partial charge in [-0.25, -0.2) is 8.42 Å². The van der Waals surface area contributed by atoms with Gasteiger partial charge in [0.2, 0.25) is 5.91 Å². The van der Waals surface area contributed by atoms with Crippen LogP contribution in [0.25, 0.3) is 10.8 Å². The van der Waals surface area contributed by atoms with E-state index in [1.54, 1.807) is 0 Å². The quantitative estimate of drug-likeness (QED) is 0.923. The maximum atomic E-state index is 12.1. The fourth-order valence-corrected chi connectivity index (χ4v) is 4.58. The van der Waals surface area contributed by atoms with Gasteiger partial charge in [-0.05, 0) is 29.3 Å². The van der Waals surface area contributed by atoms with E-state index in [4.69, 9.17) is 0 Å². The number of carbonyl (C=O) groups is 1. The largest absolute Gasteiger partial charge is 0.365 e. The summed E-state index contributed by atoms with van der Waals surface area (Å²) in [7, 11) is -1.12. The molecule has 0 saturated carbocycles. The van der Waals surface area contributed by atoms with E-state index < -0.39 is 9.84 Å². The van der Waals surface area contributed by atoms with Crippen molar-refractivity contribution >= 4 is 32.2 Å². The van der Waals surface area contributed by atoms with Crippen LogP contribution in [0.4, 0.5) is 5.69 Å². The summed E-state index contributed by atoms with van der Waals surface area (Å²) in [6.45, 7) is 0.203. The molecule has 0 radical (unpaired) electrons. The molecule has 5 nitrogen and oxygen atoms in total. The van der Waals surface area contributed by atoms with Crippen LogP contribution in [-0.4, -0.2) is 45.5 Å². The minimum absolute atomic E-state index is 0.0540. The molecule has 3 rings (SSSR count). The van der Waals surface area contributed by atoms with Gasteiger partial charge < -0.3 is 10.2 Å². The lowest BCUT2D eigenvalue weighted by atomic mass is 10.1. The molecule has 1 aliphatic rings. The Labute approximate surface area is 136 Å². The van der Waals surface area contributed by atoms with Crippen LogP contribution in [0, 0.1) is 0 Å². The number of nitrogens with zero attached hydrogens (tertiary/aromatic N) is 1. The number of nitrogens with one attached hydrogen (secondary N) is 1. The number of benzene rings is 2. The van der Waals surface area contributed by atoms with Gasteiger partial charge in [0.15, 0.2) is 9.84 Å². The second kappa shape index (κ2) is 6.20. The number of fused-ring (bicyclic) bond motifs is 1. The predicted molar refractivity (Wildman–Crippen MR) is 92.4 cm³/mol. The lowest BCUT2D eigenvalue weighted by molar-refractivity contribution is -0.120. The summed E-state index contributed by atoms with van der Waals surface area (Å²) in [6, 6.07) is 13.9. The number of anilines is 1. The van der Waals surface area contributed by atoms with E-state index in [-0.39, 0.29) is 30.0 Å². The molecule has 2 aromatic carbocycles. The monoisotopic (exact) mass is 332 g/mol. The first-order chi connectivity index (χ1) is 10.9. The molecule has 0 aromatic heterocycles. The van der Waals surface area contributed by atoms with Crippen LogP contribution >= 0.6 is 0 Å². The van der Waals surface area contributed by atoms with E-state index >= 15 is 0 Å². The second-order valence-corrected chi connectivity index (χ2v) is 8.28. The third kappa shape index (κ3) is 3.82. The zero-order valence-corrected chi connectivity index (χ0v) is 13.8. The number of hydrogen-bond donors (Lipinski definition) is 1. The van der Waals surface area contributed by atoms with Crippen LogP contribution in [0.3, 0.4) is 0 Å². The molecule has 1 saturated heterocycles. The van der Waals surface area contributed by atoms with Gasteiger partial charge in [0.25, 0.3) is 0 Å². The Bertz CT molecular complexity index is 833. The molecular weight excluding hydrogens is 312 g/mol. The molecule has 0 bridgehead atoms. The van der Waals surface area contributed by atoms with Crippen molar-refractivity contribution in [2.75, 3.05) is 30.0 Å². The van der Waals surface area contributed by atoms with Crippen molar-refractivity contribution in [2.24, 2.45) is 0 Å². The summed E-state index contributed by atoms with van der Waals surface area (Å²) in [5.41, 5.74) is 0.956. The first-order valence-electron chi connectivity index (χ1n) is 7.63. The summed E-state index contributed by atoms with van der Waals surface area (Å²) in [4.78, 5) is 14.0. The van der Waals surface area contributed by atoms with Crippen molar-refractivity contribution in [3.8, 4) is 0 Å². The summed E-state index contributed by atoms with van der Waals surface area (Å²) in [5.74, 6) is 0.0689. The van der Waals surface area contributed by atoms with Gasteiger partial charge in [0.1, 0.15) is 0 Å². The average molecular weight is 332 g/mol. The highest BCUT2D eigenvalue weighted by Gasteiger charge is 2.28. The number of likely N-dealkylation sites (N-methyl/N-ethyl adjacent to an activating group) is 1. The molecule has 0 aliphatic carbocycles. The van der Waals surface area contributed by atoms with Crippen molar-refractivity contribution in [1.82, 2.24) is 5.32 Å². The van der Waals surface area contributed by atoms with Crippen LogP contribution in [0.2, 0.25) is 0 Å². The van der Waals surface area contributed by atoms with Crippen LogP contribution in [-0.2, 0) is 14.6 Å². The van der Waals surface area contributed by atoms with Crippen molar-refractivity contribution in [3.05, 3.63) is 42.5 Å². The van der Waals surface area contributed by atoms with Gasteiger partial charge in [0.05, 0.1) is 18.1 Å². The Morgan fingerprint density at radius 2 is 1.96 bits per heavy atom. The van der Waals surface area contributed by atoms with E-state index in [2.05, 4.69) is 5.32 Å². The predicted octanol–water partition coefficient (Wildman–Crippen LogP) is 1.58. The van der Waals surface area contributed by atoms with Crippen molar-refractivity contribution < 1.29 is 13.2 Å². The van der Waals surface area contributed by atoms with Gasteiger partial charge in [-0.3, -0.25) is 4.79 Å². The van der Waals surface area contributed by atoms with Crippen molar-refractivity contribution in [2.45, 2.75) is 12.5 Å². The van der Waals surface area contributed by atoms with Crippen molar-refractivity contribution in [1.29, 1.82) is 0 Å². The fraction of sp³-hybridized carbons (Fsp3) is 0.353. The molecular formula is C17H20N2O3S. The minimum Gasteiger partial charge on any atom is -0.365 e. The lowest BCUT2D eigenvalue weighted by Crippen LogP contribution is -2.41. The Hall–Kier alpha value is -2.08. The van der Waals surface area contributed by atoms with Gasteiger partial charge in [0, 0.05) is 18.8 Å². The number of amides is 1. The first kappa shape index (κ1) is 15.8. The zero-order chi connectivity index (χ0) is 16.4. The molecule has 1 heterocycles. The molecule has 2 aromatic rings. The molecule has 122 valence electrons. The maximum Gasteiger partial charge on any atom is 0.239 e. The topological polar surface area (TPSA) is 66.5 Å². The standard InChI is InChI=1S/C17H20N2O3S/c1-19(11-17(20)18-15-8-9-23(21,22)12-15)16-7-6-13-4-2-3-5-14(13)10-16/h2-7,10,15H,8-9,11-12H2,1H3,(H,18,20)/t15-/m0/s1. The Kier molecular flexibility index (Phi) is 4.26. The Morgan fingerprint density at radius 1 is 1.22 bits per heavy atom. The molecule has 0 unspecified atom stereocenters. The summed E-state index contributed by atoms with van der Waals surface area (Å²) in [5, 5.41) is 5.09. The fourth-order valence-electron chi connectivity index (χ4n) is 2.90. The molecule has 1 atom stereocenters. The normalized spacial score (nSPS) is 19.6. The van der Waals surface area contributed by atoms with Gasteiger partial charge >= 0.3 is 0 Å². The first-order valence-corrected chi connectivity index (χ1v) is 9.45. The lowest BCUT2D eigenvalue weighted by Gasteiger charge is -2.20. The van der Waals surface area contributed by atoms with Crippen LogP contribution in [0.15, 0.2) is 42.5 Å². The number of hydrogen-bond acceptors (Lipinski definition) is 4. The van der Waals surface area contributed by atoms with Gasteiger partial charge in [-0.2, -0.15) is 0 Å². The summed E-state index contributed by atoms with van der Waals surface area (Å²) in [6.07, 6.45) is 0.508. The smallest absolute Gasteiger partial charge is 0.239 e. The van der Waals surface area contributed by atoms with Gasteiger partial charge in [-0.1, -0.05) is 30.3 Å². The molecule has 0 spiro atoms. The van der Waals surface area contributed by atoms with Crippen LogP contribution in [0.1, 0.15) is 6.42 Å². The van der Waals surface area contributed by atoms with E-state index in [1.807, 2.05) is 54.4 Å². The average Bonchev–Trinajstić information content (AvgIpc) is 2.85. The highest BCUT2D eigenvalue weighted by atomic mass is 32.2. The highest BCUT2D eigenvalue weighted by molar-refractivity contribution is 7.91. The van der Waals surface area contributed by atoms with Crippen molar-refractivity contribution in [3.63, 3.8) is 0 Å². The molecule has 1 N–H and O–H groups in total. The van der Waals surface area contributed by atoms with Crippen LogP contribution < -0.4 is 10.2 Å². The van der Waals surface area contributed by atoms with Crippen LogP contribution in [0.5, 0.6) is 0 Å². The Morgan fingerprint density at radius 3 is 2.65 bits per heavy atom. The molecule has 1 fully saturated rings. The van der Waals surface area contributed by atoms with E-state index in [0.29, 0.717) is 6.42 Å². The molecule has 6 heteroatoms. The minimum atomic E-state index is -2.97. The van der Waals surface area contributed by atoms with Gasteiger partial charge in [-0.15, -0.1) is 0 Å². The zero-order valence-electron chi connectivity index (χ0n) is 13.0. The third-order valence-corrected chi connectivity index (χ3v) is 5.92. The van der Waals surface area contributed by atoms with E-state index in [9.17, 15) is 13.2 Å². The highest BCUT2D eigenvalue weighted by Crippen LogP contribution is 2.21. The number of sulfone groups is 1. The van der Waals surface area contributed by atoms with E-state index in [1.165, 1.54) is 0 Å². The molecule has 23 heavy (non-hydrogen) atoms. The SMILES string of the molecule is CN(CC(=O)N[C@H]1CCS(=O)(=O)C1)c1ccc2ccccc2c1. The summed E-state index contributed by atoms with van der Waals surface area (Å²) < 4.78 is 22.9. The van der Waals surface area contributed by atoms with E-state index in [0.717, 1.165) is 16.5 Å². The molecule has 1 aliphatic heterocycles. The third-order valence-electron chi connectivity index (χ3n) is 4.15. The molecule has 1 amide bonds.